The van der Waals surface area contributed by atoms with Gasteiger partial charge in [-0.05, 0) is 56.2 Å². The second-order valence-electron chi connectivity index (χ2n) is 6.11. The number of likely N-dealkylation sites (tertiary alicyclic amines) is 1. The molecule has 0 bridgehead atoms. The second-order valence-corrected chi connectivity index (χ2v) is 7.34. The Bertz CT molecular complexity index is 866. The molecule has 1 aliphatic heterocycles. The highest BCUT2D eigenvalue weighted by molar-refractivity contribution is 7.80. The number of carbonyl (C=O) groups excluding carboxylic acids is 1. The number of thiocarbonyl (C=S) groups is 1. The number of ether oxygens (including phenoxy) is 2. The maximum Gasteiger partial charge on any atom is 0.345 e. The molecule has 1 aliphatic rings. The molecule has 0 radical (unpaired) electrons. The highest BCUT2D eigenvalue weighted by Crippen LogP contribution is 2.31. The molecule has 0 aliphatic carbocycles. The van der Waals surface area contributed by atoms with E-state index in [-0.39, 0.29) is 10.6 Å². The molecule has 7 heteroatoms. The lowest BCUT2D eigenvalue weighted by Crippen LogP contribution is -2.26. The molecule has 0 amide bonds. The summed E-state index contributed by atoms with van der Waals surface area (Å²) in [5.74, 6) is 0.211. The number of carbonyl (C=O) groups is 1. The van der Waals surface area contributed by atoms with E-state index in [1.807, 2.05) is 19.1 Å². The molecule has 1 saturated heterocycles. The van der Waals surface area contributed by atoms with Crippen molar-refractivity contribution in [2.45, 2.75) is 19.8 Å². The minimum Gasteiger partial charge on any atom is -0.490 e. The molecule has 0 aromatic heterocycles. The molecule has 27 heavy (non-hydrogen) atoms. The first-order chi connectivity index (χ1) is 13.0. The highest BCUT2D eigenvalue weighted by Gasteiger charge is 2.20. The maximum atomic E-state index is 12.5. The number of rotatable bonds is 5. The number of hydrogen-bond acceptors (Lipinski definition) is 4. The Balaban J connectivity index is 1.83. The van der Waals surface area contributed by atoms with Crippen molar-refractivity contribution in [1.29, 1.82) is 0 Å². The molecule has 0 N–H and O–H groups in total. The largest absolute Gasteiger partial charge is 0.490 e. The number of hydrogen-bond donors (Lipinski definition) is 0. The van der Waals surface area contributed by atoms with E-state index < -0.39 is 5.97 Å². The van der Waals surface area contributed by atoms with E-state index in [4.69, 9.17) is 44.9 Å². The van der Waals surface area contributed by atoms with Gasteiger partial charge in [0.25, 0.3) is 0 Å². The number of halogens is 2. The Morgan fingerprint density at radius 3 is 2.52 bits per heavy atom. The summed E-state index contributed by atoms with van der Waals surface area (Å²) < 4.78 is 11.2. The van der Waals surface area contributed by atoms with Crippen molar-refractivity contribution in [3.05, 3.63) is 57.6 Å². The number of nitrogens with zero attached hydrogens (tertiary/aromatic N) is 1. The van der Waals surface area contributed by atoms with Crippen LogP contribution in [0.15, 0.2) is 36.4 Å². The zero-order chi connectivity index (χ0) is 19.4. The van der Waals surface area contributed by atoms with Gasteiger partial charge < -0.3 is 14.4 Å². The molecule has 142 valence electrons. The predicted octanol–water partition coefficient (Wildman–Crippen LogP) is 5.38. The minimum atomic E-state index is -0.576. The quantitative estimate of drug-likeness (QED) is 0.366. The Morgan fingerprint density at radius 1 is 1.11 bits per heavy atom. The summed E-state index contributed by atoms with van der Waals surface area (Å²) in [6.07, 6.45) is 2.30. The molecule has 2 aromatic carbocycles. The average Bonchev–Trinajstić information content (AvgIpc) is 3.17. The Labute approximate surface area is 174 Å². The van der Waals surface area contributed by atoms with Crippen LogP contribution in [0.3, 0.4) is 0 Å². The molecule has 0 atom stereocenters. The third kappa shape index (κ3) is 4.72. The molecular formula is C20H19Cl2NO3S. The van der Waals surface area contributed by atoms with E-state index in [1.165, 1.54) is 12.1 Å². The van der Waals surface area contributed by atoms with E-state index in [1.54, 1.807) is 12.1 Å². The lowest BCUT2D eigenvalue weighted by Gasteiger charge is -2.20. The van der Waals surface area contributed by atoms with Gasteiger partial charge in [-0.1, -0.05) is 35.4 Å². The van der Waals surface area contributed by atoms with Crippen molar-refractivity contribution in [1.82, 2.24) is 4.90 Å². The van der Waals surface area contributed by atoms with Gasteiger partial charge in [0.15, 0.2) is 11.5 Å². The molecule has 2 aromatic rings. The summed E-state index contributed by atoms with van der Waals surface area (Å²) in [5.41, 5.74) is 1.11. The lowest BCUT2D eigenvalue weighted by molar-refractivity contribution is 0.0728. The summed E-state index contributed by atoms with van der Waals surface area (Å²) in [4.78, 5) is 15.5. The molecule has 4 nitrogen and oxygen atoms in total. The molecule has 0 saturated carbocycles. The normalized spacial score (nSPS) is 13.5. The van der Waals surface area contributed by atoms with Crippen LogP contribution in [-0.2, 0) is 0 Å². The van der Waals surface area contributed by atoms with Crippen LogP contribution < -0.4 is 9.47 Å². The van der Waals surface area contributed by atoms with E-state index in [0.717, 1.165) is 36.5 Å². The van der Waals surface area contributed by atoms with Gasteiger partial charge in [-0.15, -0.1) is 0 Å². The lowest BCUT2D eigenvalue weighted by atomic mass is 10.2. The average molecular weight is 424 g/mol. The third-order valence-corrected chi connectivity index (χ3v) is 5.28. The van der Waals surface area contributed by atoms with Gasteiger partial charge in [-0.25, -0.2) is 4.79 Å². The Kier molecular flexibility index (Phi) is 6.58. The minimum absolute atomic E-state index is 0.234. The fourth-order valence-electron chi connectivity index (χ4n) is 2.91. The Hall–Kier alpha value is -1.82. The monoisotopic (exact) mass is 423 g/mol. The predicted molar refractivity (Wildman–Crippen MR) is 112 cm³/mol. The molecule has 1 fully saturated rings. The van der Waals surface area contributed by atoms with Crippen molar-refractivity contribution in [3.8, 4) is 11.5 Å². The fraction of sp³-hybridized carbons (Fsp3) is 0.300. The summed E-state index contributed by atoms with van der Waals surface area (Å²) in [6, 6.07) is 9.98. The van der Waals surface area contributed by atoms with Crippen LogP contribution >= 0.6 is 35.4 Å². The van der Waals surface area contributed by atoms with Crippen LogP contribution in [0.4, 0.5) is 0 Å². The topological polar surface area (TPSA) is 38.8 Å². The molecule has 0 unspecified atom stereocenters. The van der Waals surface area contributed by atoms with Gasteiger partial charge in [-0.3, -0.25) is 0 Å². The summed E-state index contributed by atoms with van der Waals surface area (Å²) >= 11 is 17.6. The maximum absolute atomic E-state index is 12.5. The van der Waals surface area contributed by atoms with Crippen molar-refractivity contribution >= 4 is 46.4 Å². The van der Waals surface area contributed by atoms with Crippen LogP contribution in [0.1, 0.15) is 35.7 Å². The van der Waals surface area contributed by atoms with Crippen LogP contribution in [-0.4, -0.2) is 35.6 Å². The zero-order valence-corrected chi connectivity index (χ0v) is 17.2. The third-order valence-electron chi connectivity index (χ3n) is 4.24. The first-order valence-electron chi connectivity index (χ1n) is 8.73. The van der Waals surface area contributed by atoms with Crippen LogP contribution in [0.2, 0.25) is 10.0 Å². The van der Waals surface area contributed by atoms with Gasteiger partial charge in [0.05, 0.1) is 17.2 Å². The van der Waals surface area contributed by atoms with Gasteiger partial charge in [0.1, 0.15) is 4.99 Å². The number of benzene rings is 2. The van der Waals surface area contributed by atoms with Gasteiger partial charge in [0, 0.05) is 23.7 Å². The first kappa shape index (κ1) is 19.9. The SMILES string of the molecule is CCOc1cc(C(=S)N2CCCC2)ccc1OC(=O)c1ccc(Cl)cc1Cl. The molecular weight excluding hydrogens is 405 g/mol. The van der Waals surface area contributed by atoms with Crippen molar-refractivity contribution < 1.29 is 14.3 Å². The summed E-state index contributed by atoms with van der Waals surface area (Å²) in [5, 5.41) is 0.684. The van der Waals surface area contributed by atoms with E-state index in [2.05, 4.69) is 4.90 Å². The van der Waals surface area contributed by atoms with E-state index in [0.29, 0.717) is 23.1 Å². The molecule has 3 rings (SSSR count). The molecule has 0 spiro atoms. The zero-order valence-electron chi connectivity index (χ0n) is 14.8. The Morgan fingerprint density at radius 2 is 1.85 bits per heavy atom. The van der Waals surface area contributed by atoms with Gasteiger partial charge in [0.2, 0.25) is 0 Å². The summed E-state index contributed by atoms with van der Waals surface area (Å²) in [6.45, 7) is 4.24. The van der Waals surface area contributed by atoms with Crippen molar-refractivity contribution in [2.75, 3.05) is 19.7 Å². The second kappa shape index (κ2) is 8.91. The van der Waals surface area contributed by atoms with Gasteiger partial charge >= 0.3 is 5.97 Å². The fourth-order valence-corrected chi connectivity index (χ4v) is 3.70. The van der Waals surface area contributed by atoms with Gasteiger partial charge in [-0.2, -0.15) is 0 Å². The summed E-state index contributed by atoms with van der Waals surface area (Å²) in [7, 11) is 0. The first-order valence-corrected chi connectivity index (χ1v) is 9.89. The smallest absolute Gasteiger partial charge is 0.345 e. The van der Waals surface area contributed by atoms with Crippen LogP contribution in [0.5, 0.6) is 11.5 Å². The number of esters is 1. The van der Waals surface area contributed by atoms with E-state index in [9.17, 15) is 4.79 Å². The van der Waals surface area contributed by atoms with Crippen LogP contribution in [0.25, 0.3) is 0 Å². The highest BCUT2D eigenvalue weighted by atomic mass is 35.5. The standard InChI is InChI=1S/C20H19Cl2NO3S/c1-2-25-18-11-13(19(27)23-9-3-4-10-23)5-8-17(18)26-20(24)15-7-6-14(21)12-16(15)22/h5-8,11-12H,2-4,9-10H2,1H3. The van der Waals surface area contributed by atoms with Crippen LogP contribution in [0, 0.1) is 0 Å². The van der Waals surface area contributed by atoms with Crippen molar-refractivity contribution in [3.63, 3.8) is 0 Å². The van der Waals surface area contributed by atoms with E-state index >= 15 is 0 Å². The molecule has 1 heterocycles. The van der Waals surface area contributed by atoms with Crippen molar-refractivity contribution in [2.24, 2.45) is 0 Å².